The molecule has 32 heavy (non-hydrogen) atoms. The minimum absolute atomic E-state index is 0.114. The van der Waals surface area contributed by atoms with Gasteiger partial charge in [-0.05, 0) is 61.4 Å². The van der Waals surface area contributed by atoms with E-state index in [0.717, 1.165) is 16.8 Å². The smallest absolute Gasteiger partial charge is 0.227 e. The number of hydrogen-bond donors (Lipinski definition) is 2. The zero-order chi connectivity index (χ0) is 22.5. The molecule has 0 radical (unpaired) electrons. The van der Waals surface area contributed by atoms with Crippen LogP contribution in [0.15, 0.2) is 52.1 Å². The van der Waals surface area contributed by atoms with Crippen LogP contribution in [0.5, 0.6) is 0 Å². The molecule has 0 saturated heterocycles. The Morgan fingerprint density at radius 3 is 2.72 bits per heavy atom. The van der Waals surface area contributed by atoms with Crippen molar-refractivity contribution in [2.45, 2.75) is 37.6 Å². The van der Waals surface area contributed by atoms with Gasteiger partial charge in [-0.15, -0.1) is 5.10 Å². The first-order valence-electron chi connectivity index (χ1n) is 9.96. The second kappa shape index (κ2) is 9.73. The van der Waals surface area contributed by atoms with Crippen molar-refractivity contribution in [3.8, 4) is 11.4 Å². The number of aromatic amines is 1. The summed E-state index contributed by atoms with van der Waals surface area (Å²) in [4.78, 5) is 20.9. The number of hydrogen-bond acceptors (Lipinski definition) is 7. The molecule has 10 heteroatoms. The SMILES string of the molecule is Cc1ccc(NC(=O)CCc2nc(CSc3n[nH]c(-c4ccc(F)cc4)n3)no2)cc1C. The summed E-state index contributed by atoms with van der Waals surface area (Å²) < 4.78 is 18.3. The molecule has 0 aliphatic carbocycles. The lowest BCUT2D eigenvalue weighted by Gasteiger charge is -2.06. The standard InChI is InChI=1S/C22H21FN6O2S/c1-13-3-8-17(11-14(13)2)24-19(30)9-10-20-25-18(29-31-20)12-32-22-26-21(27-28-22)15-4-6-16(23)7-5-15/h3-8,11H,9-10,12H2,1-2H3,(H,24,30)(H,26,27,28). The average molecular weight is 453 g/mol. The Morgan fingerprint density at radius 1 is 1.12 bits per heavy atom. The third kappa shape index (κ3) is 5.58. The van der Waals surface area contributed by atoms with E-state index in [9.17, 15) is 9.18 Å². The molecule has 0 atom stereocenters. The monoisotopic (exact) mass is 452 g/mol. The predicted octanol–water partition coefficient (Wildman–Crippen LogP) is 4.47. The molecule has 0 fully saturated rings. The summed E-state index contributed by atoms with van der Waals surface area (Å²) >= 11 is 1.34. The molecule has 0 aliphatic heterocycles. The molecule has 0 spiro atoms. The molecular weight excluding hydrogens is 431 g/mol. The molecule has 1 amide bonds. The molecule has 0 aliphatic rings. The van der Waals surface area contributed by atoms with E-state index in [-0.39, 0.29) is 18.1 Å². The molecule has 8 nitrogen and oxygen atoms in total. The highest BCUT2D eigenvalue weighted by molar-refractivity contribution is 7.98. The number of carbonyl (C=O) groups is 1. The third-order valence-corrected chi connectivity index (χ3v) is 5.62. The fourth-order valence-corrected chi connectivity index (χ4v) is 3.53. The van der Waals surface area contributed by atoms with Gasteiger partial charge >= 0.3 is 0 Å². The van der Waals surface area contributed by atoms with Crippen LogP contribution in [0.4, 0.5) is 10.1 Å². The Labute approximate surface area is 188 Å². The summed E-state index contributed by atoms with van der Waals surface area (Å²) in [6.45, 7) is 4.03. The first kappa shape index (κ1) is 21.7. The summed E-state index contributed by atoms with van der Waals surface area (Å²) in [5.74, 6) is 1.44. The number of amides is 1. The van der Waals surface area contributed by atoms with Crippen molar-refractivity contribution in [1.82, 2.24) is 25.3 Å². The number of carbonyl (C=O) groups excluding carboxylic acids is 1. The molecule has 0 bridgehead atoms. The fraction of sp³-hybridized carbons (Fsp3) is 0.227. The van der Waals surface area contributed by atoms with Gasteiger partial charge in [-0.1, -0.05) is 23.0 Å². The quantitative estimate of drug-likeness (QED) is 0.380. The molecule has 0 saturated carbocycles. The van der Waals surface area contributed by atoms with Gasteiger partial charge in [0.15, 0.2) is 11.6 Å². The molecule has 2 aromatic heterocycles. The van der Waals surface area contributed by atoms with Crippen LogP contribution >= 0.6 is 11.8 Å². The van der Waals surface area contributed by atoms with Gasteiger partial charge in [0, 0.05) is 24.1 Å². The predicted molar refractivity (Wildman–Crippen MR) is 119 cm³/mol. The molecule has 0 unspecified atom stereocenters. The fourth-order valence-electron chi connectivity index (χ4n) is 2.89. The Kier molecular flexibility index (Phi) is 6.60. The van der Waals surface area contributed by atoms with E-state index in [4.69, 9.17) is 4.52 Å². The lowest BCUT2D eigenvalue weighted by Crippen LogP contribution is -2.12. The van der Waals surface area contributed by atoms with Crippen molar-refractivity contribution < 1.29 is 13.7 Å². The van der Waals surface area contributed by atoms with E-state index in [0.29, 0.717) is 34.9 Å². The van der Waals surface area contributed by atoms with Gasteiger partial charge < -0.3 is 9.84 Å². The van der Waals surface area contributed by atoms with E-state index in [1.54, 1.807) is 12.1 Å². The Balaban J connectivity index is 1.25. The van der Waals surface area contributed by atoms with Crippen molar-refractivity contribution in [3.63, 3.8) is 0 Å². The first-order valence-corrected chi connectivity index (χ1v) is 10.9. The van der Waals surface area contributed by atoms with E-state index in [1.807, 2.05) is 32.0 Å². The summed E-state index contributed by atoms with van der Waals surface area (Å²) in [5.41, 5.74) is 3.81. The van der Waals surface area contributed by atoms with Crippen molar-refractivity contribution in [2.75, 3.05) is 5.32 Å². The Bertz CT molecular complexity index is 1220. The molecular formula is C22H21FN6O2S. The number of anilines is 1. The summed E-state index contributed by atoms with van der Waals surface area (Å²) in [6, 6.07) is 11.8. The van der Waals surface area contributed by atoms with E-state index in [2.05, 4.69) is 30.6 Å². The van der Waals surface area contributed by atoms with Gasteiger partial charge in [0.2, 0.25) is 17.0 Å². The van der Waals surface area contributed by atoms with Crippen LogP contribution in [0.25, 0.3) is 11.4 Å². The zero-order valence-electron chi connectivity index (χ0n) is 17.6. The van der Waals surface area contributed by atoms with Crippen molar-refractivity contribution in [2.24, 2.45) is 0 Å². The second-order valence-electron chi connectivity index (χ2n) is 7.21. The first-order chi connectivity index (χ1) is 15.5. The topological polar surface area (TPSA) is 110 Å². The molecule has 2 N–H and O–H groups in total. The van der Waals surface area contributed by atoms with Crippen LogP contribution < -0.4 is 5.32 Å². The van der Waals surface area contributed by atoms with Gasteiger partial charge in [0.05, 0.1) is 5.75 Å². The largest absolute Gasteiger partial charge is 0.339 e. The molecule has 4 aromatic rings. The van der Waals surface area contributed by atoms with E-state index < -0.39 is 0 Å². The van der Waals surface area contributed by atoms with Gasteiger partial charge in [-0.2, -0.15) is 4.98 Å². The number of thioether (sulfide) groups is 1. The third-order valence-electron chi connectivity index (χ3n) is 4.78. The van der Waals surface area contributed by atoms with Crippen LogP contribution in [0, 0.1) is 19.7 Å². The summed E-state index contributed by atoms with van der Waals surface area (Å²) in [6.07, 6.45) is 0.591. The minimum Gasteiger partial charge on any atom is -0.339 e. The van der Waals surface area contributed by atoms with Crippen LogP contribution in [0.3, 0.4) is 0 Å². The van der Waals surface area contributed by atoms with Crippen molar-refractivity contribution in [1.29, 1.82) is 0 Å². The molecule has 4 rings (SSSR count). The average Bonchev–Trinajstić information content (AvgIpc) is 3.43. The number of H-pyrrole nitrogens is 1. The van der Waals surface area contributed by atoms with Gasteiger partial charge in [0.25, 0.3) is 0 Å². The lowest BCUT2D eigenvalue weighted by molar-refractivity contribution is -0.116. The van der Waals surface area contributed by atoms with Crippen molar-refractivity contribution in [3.05, 3.63) is 71.1 Å². The molecule has 164 valence electrons. The number of halogens is 1. The number of nitrogens with one attached hydrogen (secondary N) is 2. The van der Waals surface area contributed by atoms with Crippen LogP contribution in [0.1, 0.15) is 29.3 Å². The van der Waals surface area contributed by atoms with Gasteiger partial charge in [-0.25, -0.2) is 9.37 Å². The number of rotatable bonds is 8. The summed E-state index contributed by atoms with van der Waals surface area (Å²) in [7, 11) is 0. The maximum absolute atomic E-state index is 13.0. The highest BCUT2D eigenvalue weighted by Crippen LogP contribution is 2.22. The van der Waals surface area contributed by atoms with E-state index in [1.165, 1.54) is 29.5 Å². The highest BCUT2D eigenvalue weighted by Gasteiger charge is 2.12. The van der Waals surface area contributed by atoms with Crippen LogP contribution in [-0.4, -0.2) is 31.2 Å². The number of aromatic nitrogens is 5. The maximum Gasteiger partial charge on any atom is 0.227 e. The minimum atomic E-state index is -0.307. The van der Waals surface area contributed by atoms with Gasteiger partial charge in [0.1, 0.15) is 5.82 Å². The lowest BCUT2D eigenvalue weighted by atomic mass is 10.1. The van der Waals surface area contributed by atoms with Gasteiger partial charge in [-0.3, -0.25) is 9.89 Å². The number of benzene rings is 2. The van der Waals surface area contributed by atoms with Crippen LogP contribution in [0.2, 0.25) is 0 Å². The number of nitrogens with zero attached hydrogens (tertiary/aromatic N) is 4. The Morgan fingerprint density at radius 2 is 1.94 bits per heavy atom. The zero-order valence-corrected chi connectivity index (χ0v) is 18.4. The van der Waals surface area contributed by atoms with E-state index >= 15 is 0 Å². The highest BCUT2D eigenvalue weighted by atomic mass is 32.2. The number of aryl methyl sites for hydroxylation is 3. The molecule has 2 heterocycles. The van der Waals surface area contributed by atoms with Crippen LogP contribution in [-0.2, 0) is 17.0 Å². The Hall–Kier alpha value is -3.53. The maximum atomic E-state index is 13.0. The summed E-state index contributed by atoms with van der Waals surface area (Å²) in [5, 5.41) is 14.3. The molecule has 2 aromatic carbocycles. The normalized spacial score (nSPS) is 11.0. The second-order valence-corrected chi connectivity index (χ2v) is 8.16. The van der Waals surface area contributed by atoms with Crippen molar-refractivity contribution >= 4 is 23.4 Å².